The van der Waals surface area contributed by atoms with Crippen LogP contribution < -0.4 is 5.32 Å². The fourth-order valence-corrected chi connectivity index (χ4v) is 1.97. The molecule has 0 fully saturated rings. The fraction of sp³-hybridized carbons (Fsp3) is 0.0625. The van der Waals surface area contributed by atoms with Crippen molar-refractivity contribution in [3.05, 3.63) is 74.8 Å². The summed E-state index contributed by atoms with van der Waals surface area (Å²) in [5, 5.41) is 13.9. The minimum absolute atomic E-state index is 0.0103. The summed E-state index contributed by atoms with van der Waals surface area (Å²) in [5.74, 6) is -0.302. The van der Waals surface area contributed by atoms with E-state index in [0.29, 0.717) is 16.3 Å². The van der Waals surface area contributed by atoms with Gasteiger partial charge in [0.1, 0.15) is 0 Å². The standard InChI is InChI=1S/C16H13ClN2O3/c1-11-14(17)3-2-4-15(11)18-16(20)10-7-12-5-8-13(9-6-12)19(21)22/h2-10H,1H3,(H,18,20)/b10-7+. The first-order valence-corrected chi connectivity index (χ1v) is 6.84. The lowest BCUT2D eigenvalue weighted by Crippen LogP contribution is -2.08. The minimum Gasteiger partial charge on any atom is -0.322 e. The Kier molecular flexibility index (Phi) is 4.91. The van der Waals surface area contributed by atoms with E-state index >= 15 is 0 Å². The van der Waals surface area contributed by atoms with Crippen LogP contribution in [0.4, 0.5) is 11.4 Å². The summed E-state index contributed by atoms with van der Waals surface area (Å²) in [6.07, 6.45) is 2.94. The first kappa shape index (κ1) is 15.7. The van der Waals surface area contributed by atoms with E-state index in [0.717, 1.165) is 5.56 Å². The number of carbonyl (C=O) groups is 1. The predicted molar refractivity (Wildman–Crippen MR) is 86.9 cm³/mol. The third kappa shape index (κ3) is 3.93. The maximum atomic E-state index is 11.9. The number of amides is 1. The summed E-state index contributed by atoms with van der Waals surface area (Å²) in [5.41, 5.74) is 2.15. The van der Waals surface area contributed by atoms with E-state index in [1.807, 2.05) is 6.92 Å². The van der Waals surface area contributed by atoms with Crippen LogP contribution in [0.1, 0.15) is 11.1 Å². The summed E-state index contributed by atoms with van der Waals surface area (Å²) < 4.78 is 0. The van der Waals surface area contributed by atoms with Gasteiger partial charge in [0.25, 0.3) is 5.69 Å². The average molecular weight is 317 g/mol. The maximum absolute atomic E-state index is 11.9. The van der Waals surface area contributed by atoms with Crippen LogP contribution >= 0.6 is 11.6 Å². The number of carbonyl (C=O) groups excluding carboxylic acids is 1. The molecular formula is C16H13ClN2O3. The van der Waals surface area contributed by atoms with Crippen molar-refractivity contribution in [3.8, 4) is 0 Å². The quantitative estimate of drug-likeness (QED) is 0.521. The smallest absolute Gasteiger partial charge is 0.269 e. The number of nitrogens with one attached hydrogen (secondary N) is 1. The van der Waals surface area contributed by atoms with Crippen molar-refractivity contribution in [2.24, 2.45) is 0 Å². The molecule has 5 nitrogen and oxygen atoms in total. The van der Waals surface area contributed by atoms with Crippen molar-refractivity contribution >= 4 is 35.0 Å². The lowest BCUT2D eigenvalue weighted by molar-refractivity contribution is -0.384. The van der Waals surface area contributed by atoms with Gasteiger partial charge in [0.2, 0.25) is 5.91 Å². The molecule has 2 aromatic rings. The van der Waals surface area contributed by atoms with Gasteiger partial charge in [0.05, 0.1) is 4.92 Å². The Bertz CT molecular complexity index is 740. The van der Waals surface area contributed by atoms with E-state index in [-0.39, 0.29) is 11.6 Å². The Morgan fingerprint density at radius 2 is 1.91 bits per heavy atom. The average Bonchev–Trinajstić information content (AvgIpc) is 2.50. The van der Waals surface area contributed by atoms with Crippen molar-refractivity contribution in [1.29, 1.82) is 0 Å². The van der Waals surface area contributed by atoms with Gasteiger partial charge in [-0.15, -0.1) is 0 Å². The second-order valence-electron chi connectivity index (χ2n) is 4.58. The molecule has 0 atom stereocenters. The highest BCUT2D eigenvalue weighted by molar-refractivity contribution is 6.31. The monoisotopic (exact) mass is 316 g/mol. The van der Waals surface area contributed by atoms with Crippen LogP contribution in [0.2, 0.25) is 5.02 Å². The molecule has 6 heteroatoms. The number of nitro groups is 1. The molecule has 0 aliphatic heterocycles. The molecule has 0 saturated carbocycles. The van der Waals surface area contributed by atoms with Crippen molar-refractivity contribution < 1.29 is 9.72 Å². The normalized spacial score (nSPS) is 10.6. The van der Waals surface area contributed by atoms with E-state index in [1.165, 1.54) is 18.2 Å². The number of hydrogen-bond donors (Lipinski definition) is 1. The topological polar surface area (TPSA) is 72.2 Å². The third-order valence-electron chi connectivity index (χ3n) is 3.06. The van der Waals surface area contributed by atoms with Gasteiger partial charge in [-0.1, -0.05) is 17.7 Å². The molecule has 0 aliphatic carbocycles. The van der Waals surface area contributed by atoms with Crippen molar-refractivity contribution in [2.45, 2.75) is 6.92 Å². The van der Waals surface area contributed by atoms with E-state index in [1.54, 1.807) is 36.4 Å². The summed E-state index contributed by atoms with van der Waals surface area (Å²) in [6.45, 7) is 1.82. The van der Waals surface area contributed by atoms with Gasteiger partial charge in [-0.05, 0) is 48.4 Å². The number of rotatable bonds is 4. The van der Waals surface area contributed by atoms with Crippen LogP contribution in [-0.4, -0.2) is 10.8 Å². The Morgan fingerprint density at radius 1 is 1.23 bits per heavy atom. The zero-order valence-corrected chi connectivity index (χ0v) is 12.5. The Labute approximate surface area is 132 Å². The molecule has 0 heterocycles. The Balaban J connectivity index is 2.05. The maximum Gasteiger partial charge on any atom is 0.269 e. The Hall–Kier alpha value is -2.66. The van der Waals surface area contributed by atoms with Crippen LogP contribution in [0.5, 0.6) is 0 Å². The molecule has 22 heavy (non-hydrogen) atoms. The van der Waals surface area contributed by atoms with Crippen LogP contribution in [0.3, 0.4) is 0 Å². The molecule has 0 bridgehead atoms. The summed E-state index contributed by atoms with van der Waals surface area (Å²) in [4.78, 5) is 22.0. The number of halogens is 1. The number of non-ortho nitro benzene ring substituents is 1. The first-order chi connectivity index (χ1) is 10.5. The zero-order valence-electron chi connectivity index (χ0n) is 11.7. The van der Waals surface area contributed by atoms with E-state index in [9.17, 15) is 14.9 Å². The summed E-state index contributed by atoms with van der Waals surface area (Å²) >= 11 is 5.99. The number of anilines is 1. The number of nitro benzene ring substituents is 1. The third-order valence-corrected chi connectivity index (χ3v) is 3.47. The van der Waals surface area contributed by atoms with Gasteiger partial charge in [-0.25, -0.2) is 0 Å². The Morgan fingerprint density at radius 3 is 2.55 bits per heavy atom. The highest BCUT2D eigenvalue weighted by atomic mass is 35.5. The molecule has 0 unspecified atom stereocenters. The van der Waals surface area contributed by atoms with Crippen molar-refractivity contribution in [3.63, 3.8) is 0 Å². The highest BCUT2D eigenvalue weighted by Crippen LogP contribution is 2.22. The van der Waals surface area contributed by atoms with Crippen LogP contribution in [0, 0.1) is 17.0 Å². The lowest BCUT2D eigenvalue weighted by atomic mass is 10.2. The first-order valence-electron chi connectivity index (χ1n) is 6.46. The zero-order chi connectivity index (χ0) is 16.1. The minimum atomic E-state index is -0.470. The van der Waals surface area contributed by atoms with Crippen LogP contribution in [-0.2, 0) is 4.79 Å². The summed E-state index contributed by atoms with van der Waals surface area (Å²) in [6, 6.07) is 11.2. The fourth-order valence-electron chi connectivity index (χ4n) is 1.80. The van der Waals surface area contributed by atoms with Gasteiger partial charge < -0.3 is 5.32 Å². The van der Waals surface area contributed by atoms with Crippen LogP contribution in [0.25, 0.3) is 6.08 Å². The van der Waals surface area contributed by atoms with Gasteiger partial charge in [-0.3, -0.25) is 14.9 Å². The molecule has 0 radical (unpaired) electrons. The second kappa shape index (κ2) is 6.87. The molecule has 0 aliphatic rings. The molecule has 2 aromatic carbocycles. The van der Waals surface area contributed by atoms with Gasteiger partial charge in [0.15, 0.2) is 0 Å². The number of nitrogens with zero attached hydrogens (tertiary/aromatic N) is 1. The van der Waals surface area contributed by atoms with Crippen LogP contribution in [0.15, 0.2) is 48.5 Å². The molecular weight excluding hydrogens is 304 g/mol. The highest BCUT2D eigenvalue weighted by Gasteiger charge is 2.05. The molecule has 0 saturated heterocycles. The molecule has 1 amide bonds. The molecule has 0 aromatic heterocycles. The molecule has 112 valence electrons. The number of hydrogen-bond acceptors (Lipinski definition) is 3. The summed E-state index contributed by atoms with van der Waals surface area (Å²) in [7, 11) is 0. The van der Waals surface area contributed by atoms with E-state index in [4.69, 9.17) is 11.6 Å². The van der Waals surface area contributed by atoms with Gasteiger partial charge >= 0.3 is 0 Å². The SMILES string of the molecule is Cc1c(Cl)cccc1NC(=O)/C=C/c1ccc([N+](=O)[O-])cc1. The van der Waals surface area contributed by atoms with Crippen molar-refractivity contribution in [2.75, 3.05) is 5.32 Å². The molecule has 0 spiro atoms. The van der Waals surface area contributed by atoms with Crippen molar-refractivity contribution in [1.82, 2.24) is 0 Å². The molecule has 1 N–H and O–H groups in total. The van der Waals surface area contributed by atoms with Gasteiger partial charge in [0, 0.05) is 28.9 Å². The number of benzene rings is 2. The lowest BCUT2D eigenvalue weighted by Gasteiger charge is -2.07. The predicted octanol–water partition coefficient (Wildman–Crippen LogP) is 4.21. The second-order valence-corrected chi connectivity index (χ2v) is 4.99. The van der Waals surface area contributed by atoms with E-state index < -0.39 is 4.92 Å². The van der Waals surface area contributed by atoms with E-state index in [2.05, 4.69) is 5.32 Å². The molecule has 2 rings (SSSR count). The largest absolute Gasteiger partial charge is 0.322 e. The van der Waals surface area contributed by atoms with Gasteiger partial charge in [-0.2, -0.15) is 0 Å².